The molecule has 0 aliphatic carbocycles. The van der Waals surface area contributed by atoms with Gasteiger partial charge in [0, 0.05) is 7.11 Å². The molecule has 0 radical (unpaired) electrons. The Balaban J connectivity index is 3.06. The average Bonchev–Trinajstić information content (AvgIpc) is 2.27. The van der Waals surface area contributed by atoms with Gasteiger partial charge < -0.3 is 35.0 Å². The van der Waals surface area contributed by atoms with E-state index in [1.807, 2.05) is 0 Å². The van der Waals surface area contributed by atoms with Gasteiger partial charge >= 0.3 is 5.97 Å². The molecule has 1 fully saturated rings. The van der Waals surface area contributed by atoms with Crippen LogP contribution in [0.15, 0.2) is 0 Å². The van der Waals surface area contributed by atoms with E-state index < -0.39 is 42.8 Å². The molecule has 0 aromatic carbocycles. The highest BCUT2D eigenvalue weighted by Gasteiger charge is 2.58. The summed E-state index contributed by atoms with van der Waals surface area (Å²) in [6.07, 6.45) is -6.79. The molecule has 0 spiro atoms. The van der Waals surface area contributed by atoms with Gasteiger partial charge in [0.2, 0.25) is 5.60 Å². The molecule has 1 unspecified atom stereocenters. The fourth-order valence-electron chi connectivity index (χ4n) is 1.53. The van der Waals surface area contributed by atoms with Gasteiger partial charge in [-0.05, 0) is 0 Å². The molecule has 1 rings (SSSR count). The number of ether oxygens (including phenoxy) is 2. The number of carboxylic acid groups (broad SMARTS) is 1. The van der Waals surface area contributed by atoms with Gasteiger partial charge in [-0.15, -0.1) is 0 Å². The predicted octanol–water partition coefficient (Wildman–Crippen LogP) is -3.11. The zero-order chi connectivity index (χ0) is 12.5. The zero-order valence-corrected chi connectivity index (χ0v) is 8.48. The quantitative estimate of drug-likeness (QED) is 0.348. The van der Waals surface area contributed by atoms with E-state index >= 15 is 0 Å². The van der Waals surface area contributed by atoms with Gasteiger partial charge in [0.15, 0.2) is 6.29 Å². The second kappa shape index (κ2) is 4.62. The van der Waals surface area contributed by atoms with E-state index in [1.54, 1.807) is 0 Å². The van der Waals surface area contributed by atoms with E-state index in [0.717, 1.165) is 7.11 Å². The molecular formula is C8H14O8. The van der Waals surface area contributed by atoms with Crippen LogP contribution < -0.4 is 0 Å². The van der Waals surface area contributed by atoms with Crippen molar-refractivity contribution in [3.63, 3.8) is 0 Å². The predicted molar refractivity (Wildman–Crippen MR) is 47.4 cm³/mol. The molecule has 16 heavy (non-hydrogen) atoms. The molecular weight excluding hydrogens is 224 g/mol. The summed E-state index contributed by atoms with van der Waals surface area (Å²) in [7, 11) is 1.13. The van der Waals surface area contributed by atoms with Crippen LogP contribution in [-0.2, 0) is 14.3 Å². The van der Waals surface area contributed by atoms with Gasteiger partial charge in [0.1, 0.15) is 18.3 Å². The van der Waals surface area contributed by atoms with Crippen molar-refractivity contribution in [2.75, 3.05) is 13.7 Å². The summed E-state index contributed by atoms with van der Waals surface area (Å²) >= 11 is 0. The second-order valence-corrected chi connectivity index (χ2v) is 3.50. The summed E-state index contributed by atoms with van der Waals surface area (Å²) in [5.74, 6) is -1.66. The molecule has 1 aliphatic heterocycles. The van der Waals surface area contributed by atoms with E-state index in [1.165, 1.54) is 0 Å². The van der Waals surface area contributed by atoms with Gasteiger partial charge in [-0.1, -0.05) is 0 Å². The maximum Gasteiger partial charge on any atom is 0.341 e. The van der Waals surface area contributed by atoms with E-state index in [4.69, 9.17) is 14.9 Å². The lowest BCUT2D eigenvalue weighted by atomic mass is 9.87. The van der Waals surface area contributed by atoms with Crippen molar-refractivity contribution in [3.8, 4) is 0 Å². The van der Waals surface area contributed by atoms with E-state index in [-0.39, 0.29) is 0 Å². The molecule has 8 heteroatoms. The number of aliphatic hydroxyl groups excluding tert-OH is 4. The largest absolute Gasteiger partial charge is 0.479 e. The Morgan fingerprint density at radius 1 is 1.38 bits per heavy atom. The SMILES string of the molecule is CO[C@H]1OC(CO)(C(=O)O)[C@H](O)[C@@H](O)[C@@H]1O. The zero-order valence-electron chi connectivity index (χ0n) is 8.48. The highest BCUT2D eigenvalue weighted by molar-refractivity contribution is 5.79. The molecule has 1 aliphatic rings. The number of rotatable bonds is 3. The van der Waals surface area contributed by atoms with Crippen LogP contribution >= 0.6 is 0 Å². The molecule has 5 atom stereocenters. The molecule has 0 bridgehead atoms. The molecule has 1 saturated heterocycles. The van der Waals surface area contributed by atoms with Crippen LogP contribution in [0, 0.1) is 0 Å². The highest BCUT2D eigenvalue weighted by Crippen LogP contribution is 2.30. The van der Waals surface area contributed by atoms with E-state index in [9.17, 15) is 20.1 Å². The van der Waals surface area contributed by atoms with Crippen molar-refractivity contribution in [2.24, 2.45) is 0 Å². The molecule has 0 aromatic rings. The summed E-state index contributed by atoms with van der Waals surface area (Å²) in [5.41, 5.74) is -2.40. The normalized spacial score (nSPS) is 44.3. The fourth-order valence-corrected chi connectivity index (χ4v) is 1.53. The standard InChI is InChI=1S/C8H14O8/c1-15-6-4(11)3(10)5(12)8(2-9,16-6)7(13)14/h3-6,9-12H,2H2,1H3,(H,13,14)/t3-,4-,5+,6-,8?/m0/s1. The van der Waals surface area contributed by atoms with Crippen molar-refractivity contribution in [1.29, 1.82) is 0 Å². The van der Waals surface area contributed by atoms with Crippen LogP contribution in [0.2, 0.25) is 0 Å². The molecule has 5 N–H and O–H groups in total. The number of methoxy groups -OCH3 is 1. The van der Waals surface area contributed by atoms with Gasteiger partial charge in [0.25, 0.3) is 0 Å². The summed E-state index contributed by atoms with van der Waals surface area (Å²) in [5, 5.41) is 46.2. The smallest absolute Gasteiger partial charge is 0.341 e. The van der Waals surface area contributed by atoms with E-state index in [2.05, 4.69) is 4.74 Å². The average molecular weight is 238 g/mol. The summed E-state index contributed by atoms with van der Waals surface area (Å²) in [4.78, 5) is 10.9. The van der Waals surface area contributed by atoms with Crippen molar-refractivity contribution in [2.45, 2.75) is 30.2 Å². The summed E-state index contributed by atoms with van der Waals surface area (Å²) in [6, 6.07) is 0. The lowest BCUT2D eigenvalue weighted by Gasteiger charge is -2.44. The van der Waals surface area contributed by atoms with Crippen LogP contribution in [0.4, 0.5) is 0 Å². The first-order valence-corrected chi connectivity index (χ1v) is 4.49. The van der Waals surface area contributed by atoms with Gasteiger partial charge in [-0.25, -0.2) is 4.79 Å². The molecule has 0 aromatic heterocycles. The maximum atomic E-state index is 10.9. The van der Waals surface area contributed by atoms with E-state index in [0.29, 0.717) is 0 Å². The van der Waals surface area contributed by atoms with Crippen molar-refractivity contribution in [1.82, 2.24) is 0 Å². The van der Waals surface area contributed by atoms with Gasteiger partial charge in [-0.3, -0.25) is 0 Å². The maximum absolute atomic E-state index is 10.9. The van der Waals surface area contributed by atoms with Crippen LogP contribution in [-0.4, -0.2) is 75.4 Å². The first-order valence-electron chi connectivity index (χ1n) is 4.49. The van der Waals surface area contributed by atoms with Crippen molar-refractivity contribution >= 4 is 5.97 Å². The minimum absolute atomic E-state index is 1.06. The Bertz CT molecular complexity index is 267. The minimum Gasteiger partial charge on any atom is -0.479 e. The lowest BCUT2D eigenvalue weighted by molar-refractivity contribution is -0.326. The van der Waals surface area contributed by atoms with Crippen LogP contribution in [0.5, 0.6) is 0 Å². The Kier molecular flexibility index (Phi) is 3.84. The number of hydrogen-bond donors (Lipinski definition) is 5. The van der Waals surface area contributed by atoms with Crippen LogP contribution in [0.1, 0.15) is 0 Å². The Hall–Kier alpha value is -0.770. The second-order valence-electron chi connectivity index (χ2n) is 3.50. The van der Waals surface area contributed by atoms with Crippen LogP contribution in [0.25, 0.3) is 0 Å². The third-order valence-electron chi connectivity index (χ3n) is 2.59. The Morgan fingerprint density at radius 2 is 1.94 bits per heavy atom. The summed E-state index contributed by atoms with van der Waals surface area (Å²) in [6.45, 7) is -1.06. The third-order valence-corrected chi connectivity index (χ3v) is 2.59. The van der Waals surface area contributed by atoms with Crippen molar-refractivity contribution < 1.29 is 39.8 Å². The first kappa shape index (κ1) is 13.3. The Morgan fingerprint density at radius 3 is 2.31 bits per heavy atom. The third kappa shape index (κ3) is 1.79. The van der Waals surface area contributed by atoms with Gasteiger partial charge in [-0.2, -0.15) is 0 Å². The summed E-state index contributed by atoms with van der Waals surface area (Å²) < 4.78 is 9.41. The highest BCUT2D eigenvalue weighted by atomic mass is 16.7. The first-order chi connectivity index (χ1) is 7.40. The fraction of sp³-hybridized carbons (Fsp3) is 0.875. The molecule has 0 amide bonds. The molecule has 0 saturated carbocycles. The number of carboxylic acids is 1. The van der Waals surface area contributed by atoms with Crippen molar-refractivity contribution in [3.05, 3.63) is 0 Å². The number of carbonyl (C=O) groups is 1. The molecule has 1 heterocycles. The topological polar surface area (TPSA) is 137 Å². The minimum atomic E-state index is -2.40. The van der Waals surface area contributed by atoms with Crippen LogP contribution in [0.3, 0.4) is 0 Å². The number of aliphatic carboxylic acids is 1. The lowest BCUT2D eigenvalue weighted by Crippen LogP contribution is -2.69. The molecule has 94 valence electrons. The number of aliphatic hydroxyl groups is 4. The Labute approximate surface area is 90.6 Å². The monoisotopic (exact) mass is 238 g/mol. The van der Waals surface area contributed by atoms with Gasteiger partial charge in [0.05, 0.1) is 6.61 Å². The molecule has 8 nitrogen and oxygen atoms in total. The number of hydrogen-bond acceptors (Lipinski definition) is 7.